The number of aliphatic hydroxyl groups is 3. The van der Waals surface area contributed by atoms with E-state index in [1.54, 1.807) is 11.8 Å². The van der Waals surface area contributed by atoms with Crippen LogP contribution in [0.15, 0.2) is 11.8 Å². The zero-order valence-corrected chi connectivity index (χ0v) is 23.3. The number of amides is 3. The molecule has 0 bridgehead atoms. The van der Waals surface area contributed by atoms with Crippen molar-refractivity contribution in [2.75, 3.05) is 6.54 Å². The lowest BCUT2D eigenvalue weighted by atomic mass is 9.99. The molecule has 3 fully saturated rings. The maximum Gasteiger partial charge on any atom is 0.415 e. The summed E-state index contributed by atoms with van der Waals surface area (Å²) in [6.07, 6.45) is 5.81. The maximum atomic E-state index is 12.7. The van der Waals surface area contributed by atoms with Crippen LogP contribution in [0.2, 0.25) is 0 Å². The molecule has 11 heteroatoms. The predicted molar refractivity (Wildman–Crippen MR) is 141 cm³/mol. The third-order valence-corrected chi connectivity index (χ3v) is 7.73. The molecule has 3 saturated heterocycles. The lowest BCUT2D eigenvalue weighted by Crippen LogP contribution is -2.58. The molecule has 11 nitrogen and oxygen atoms in total. The molecule has 3 aliphatic rings. The molecule has 2 unspecified atom stereocenters. The van der Waals surface area contributed by atoms with E-state index >= 15 is 0 Å². The Kier molecular flexibility index (Phi) is 12.6. The first-order valence-electron chi connectivity index (χ1n) is 14.6. The van der Waals surface area contributed by atoms with Crippen LogP contribution in [0.4, 0.5) is 4.79 Å². The van der Waals surface area contributed by atoms with Crippen molar-refractivity contribution in [1.29, 1.82) is 0 Å². The number of carbonyl (C=O) groups excluding carboxylic acids is 3. The van der Waals surface area contributed by atoms with Gasteiger partial charge in [-0.2, -0.15) is 0 Å². The number of fused-ring (bicyclic) bond motifs is 1. The van der Waals surface area contributed by atoms with Gasteiger partial charge in [0.1, 0.15) is 24.1 Å². The Morgan fingerprint density at radius 2 is 1.72 bits per heavy atom. The molecule has 0 aromatic rings. The molecule has 0 aromatic carbocycles. The van der Waals surface area contributed by atoms with Crippen molar-refractivity contribution >= 4 is 17.9 Å². The molecule has 0 spiro atoms. The van der Waals surface area contributed by atoms with Gasteiger partial charge in [0.2, 0.25) is 5.91 Å². The summed E-state index contributed by atoms with van der Waals surface area (Å²) in [6.45, 7) is 4.34. The molecule has 39 heavy (non-hydrogen) atoms. The SMILES string of the molecule is CCCCCCCCCCCC(CC(=O)NC(=O)/C=C1/OC(=O)N2CCCC12)O[C@@H]1O[C@@H](C)[C@H](O)[C@@H](O)[C@H]1O. The number of nitrogens with zero attached hydrogens (tertiary/aromatic N) is 1. The number of cyclic esters (lactones) is 1. The minimum atomic E-state index is -1.48. The van der Waals surface area contributed by atoms with E-state index in [1.165, 1.54) is 32.1 Å². The normalized spacial score (nSPS) is 30.3. The molecule has 0 saturated carbocycles. The van der Waals surface area contributed by atoms with Crippen molar-refractivity contribution in [1.82, 2.24) is 10.2 Å². The molecule has 3 heterocycles. The fourth-order valence-electron chi connectivity index (χ4n) is 5.41. The highest BCUT2D eigenvalue weighted by Crippen LogP contribution is 2.31. The number of imide groups is 1. The average Bonchev–Trinajstić information content (AvgIpc) is 3.49. The van der Waals surface area contributed by atoms with Gasteiger partial charge in [-0.3, -0.25) is 19.8 Å². The van der Waals surface area contributed by atoms with Gasteiger partial charge in [0, 0.05) is 12.6 Å². The number of nitrogens with one attached hydrogen (secondary N) is 1. The summed E-state index contributed by atoms with van der Waals surface area (Å²) in [5, 5.41) is 32.8. The number of hydrogen-bond donors (Lipinski definition) is 4. The molecule has 3 amide bonds. The van der Waals surface area contributed by atoms with E-state index in [4.69, 9.17) is 14.2 Å². The number of carbonyl (C=O) groups is 3. The van der Waals surface area contributed by atoms with Gasteiger partial charge in [-0.1, -0.05) is 64.7 Å². The van der Waals surface area contributed by atoms with Gasteiger partial charge in [0.15, 0.2) is 6.29 Å². The van der Waals surface area contributed by atoms with Crippen molar-refractivity contribution in [3.05, 3.63) is 11.8 Å². The number of unbranched alkanes of at least 4 members (excludes halogenated alkanes) is 8. The molecule has 0 aromatic heterocycles. The first kappa shape index (κ1) is 31.5. The van der Waals surface area contributed by atoms with E-state index in [0.717, 1.165) is 38.2 Å². The first-order valence-corrected chi connectivity index (χ1v) is 14.6. The topological polar surface area (TPSA) is 155 Å². The molecule has 222 valence electrons. The van der Waals surface area contributed by atoms with E-state index in [-0.39, 0.29) is 18.2 Å². The fraction of sp³-hybridized carbons (Fsp3) is 0.821. The van der Waals surface area contributed by atoms with Crippen LogP contribution in [0.25, 0.3) is 0 Å². The zero-order valence-electron chi connectivity index (χ0n) is 23.3. The fourth-order valence-corrected chi connectivity index (χ4v) is 5.41. The summed E-state index contributed by atoms with van der Waals surface area (Å²) in [5.41, 5.74) is 0. The van der Waals surface area contributed by atoms with Gasteiger partial charge in [0.05, 0.1) is 24.7 Å². The standard InChI is InChI=1S/C28H46N2O9/c1-3-4-5-6-7-8-9-10-11-13-19(38-27-26(35)25(34)24(33)18(2)37-27)16-22(31)29-23(32)17-21-20-14-12-15-30(20)28(36)39-21/h17-20,24-27,33-35H,3-16H2,1-2H3,(H,29,31,32)/b21-17+/t18-,19?,20?,24-,25+,26+,27-/m0/s1. The number of rotatable bonds is 15. The van der Waals surface area contributed by atoms with Gasteiger partial charge in [-0.25, -0.2) is 4.79 Å². The van der Waals surface area contributed by atoms with Gasteiger partial charge in [0.25, 0.3) is 5.91 Å². The number of ether oxygens (including phenoxy) is 3. The van der Waals surface area contributed by atoms with E-state index in [0.29, 0.717) is 19.4 Å². The van der Waals surface area contributed by atoms with Crippen molar-refractivity contribution < 1.29 is 43.9 Å². The second kappa shape index (κ2) is 15.7. The number of hydrogen-bond acceptors (Lipinski definition) is 9. The summed E-state index contributed by atoms with van der Waals surface area (Å²) in [7, 11) is 0. The Morgan fingerprint density at radius 3 is 2.41 bits per heavy atom. The summed E-state index contributed by atoms with van der Waals surface area (Å²) in [6, 6.07) is -0.269. The van der Waals surface area contributed by atoms with Crippen LogP contribution >= 0.6 is 0 Å². The lowest BCUT2D eigenvalue weighted by Gasteiger charge is -2.40. The molecular formula is C28H46N2O9. The summed E-state index contributed by atoms with van der Waals surface area (Å²) < 4.78 is 16.7. The molecule has 3 rings (SSSR count). The van der Waals surface area contributed by atoms with Crippen LogP contribution < -0.4 is 5.32 Å². The van der Waals surface area contributed by atoms with Crippen LogP contribution in [-0.4, -0.2) is 87.5 Å². The van der Waals surface area contributed by atoms with E-state index in [2.05, 4.69) is 12.2 Å². The second-order valence-electron chi connectivity index (χ2n) is 10.9. The average molecular weight is 555 g/mol. The van der Waals surface area contributed by atoms with Crippen LogP contribution in [0.3, 0.4) is 0 Å². The van der Waals surface area contributed by atoms with Crippen molar-refractivity contribution in [2.45, 2.75) is 140 Å². The van der Waals surface area contributed by atoms with E-state index in [1.807, 2.05) is 0 Å². The van der Waals surface area contributed by atoms with Crippen LogP contribution in [-0.2, 0) is 23.8 Å². The Morgan fingerprint density at radius 1 is 1.05 bits per heavy atom. The van der Waals surface area contributed by atoms with Gasteiger partial charge in [-0.15, -0.1) is 0 Å². The third kappa shape index (κ3) is 9.24. The predicted octanol–water partition coefficient (Wildman–Crippen LogP) is 2.65. The Balaban J connectivity index is 1.51. The zero-order chi connectivity index (χ0) is 28.4. The number of aliphatic hydroxyl groups excluding tert-OH is 3. The highest BCUT2D eigenvalue weighted by Gasteiger charge is 2.44. The Bertz CT molecular complexity index is 851. The largest absolute Gasteiger partial charge is 0.415 e. The third-order valence-electron chi connectivity index (χ3n) is 7.73. The van der Waals surface area contributed by atoms with Crippen molar-refractivity contribution in [3.8, 4) is 0 Å². The first-order chi connectivity index (χ1) is 18.7. The highest BCUT2D eigenvalue weighted by atomic mass is 16.7. The van der Waals surface area contributed by atoms with E-state index in [9.17, 15) is 29.7 Å². The van der Waals surface area contributed by atoms with Gasteiger partial charge >= 0.3 is 6.09 Å². The van der Waals surface area contributed by atoms with Gasteiger partial charge < -0.3 is 29.5 Å². The smallest absolute Gasteiger partial charge is 0.412 e. The Hall–Kier alpha value is -2.05. The highest BCUT2D eigenvalue weighted by molar-refractivity contribution is 6.01. The van der Waals surface area contributed by atoms with Crippen molar-refractivity contribution in [2.24, 2.45) is 0 Å². The van der Waals surface area contributed by atoms with Gasteiger partial charge in [-0.05, 0) is 26.2 Å². The van der Waals surface area contributed by atoms with Crippen LogP contribution in [0.1, 0.15) is 97.3 Å². The monoisotopic (exact) mass is 554 g/mol. The second-order valence-corrected chi connectivity index (χ2v) is 10.9. The molecular weight excluding hydrogens is 508 g/mol. The molecule has 7 atom stereocenters. The minimum absolute atomic E-state index is 0.166. The Labute approximate surface area is 230 Å². The molecule has 4 N–H and O–H groups in total. The van der Waals surface area contributed by atoms with Crippen LogP contribution in [0, 0.1) is 0 Å². The molecule has 0 radical (unpaired) electrons. The quantitative estimate of drug-likeness (QED) is 0.177. The molecule has 0 aliphatic carbocycles. The summed E-state index contributed by atoms with van der Waals surface area (Å²) in [5.74, 6) is -1.02. The van der Waals surface area contributed by atoms with Crippen molar-refractivity contribution in [3.63, 3.8) is 0 Å². The van der Waals surface area contributed by atoms with E-state index < -0.39 is 54.7 Å². The lowest BCUT2D eigenvalue weighted by molar-refractivity contribution is -0.304. The maximum absolute atomic E-state index is 12.7. The van der Waals surface area contributed by atoms with Crippen LogP contribution in [0.5, 0.6) is 0 Å². The summed E-state index contributed by atoms with van der Waals surface area (Å²) >= 11 is 0. The molecule has 3 aliphatic heterocycles. The minimum Gasteiger partial charge on any atom is -0.412 e. The summed E-state index contributed by atoms with van der Waals surface area (Å²) in [4.78, 5) is 38.7.